The van der Waals surface area contributed by atoms with E-state index < -0.39 is 0 Å². The number of piperidine rings is 1. The second-order valence-corrected chi connectivity index (χ2v) is 7.30. The molecule has 1 saturated heterocycles. The van der Waals surface area contributed by atoms with Gasteiger partial charge in [-0.05, 0) is 31.0 Å². The lowest BCUT2D eigenvalue weighted by Gasteiger charge is -2.28. The Kier molecular flexibility index (Phi) is 5.00. The van der Waals surface area contributed by atoms with Crippen molar-refractivity contribution < 1.29 is 5.11 Å². The van der Waals surface area contributed by atoms with E-state index in [4.69, 9.17) is 4.98 Å². The molecule has 27 heavy (non-hydrogen) atoms. The average molecular weight is 367 g/mol. The molecule has 0 unspecified atom stereocenters. The van der Waals surface area contributed by atoms with Gasteiger partial charge in [0.1, 0.15) is 0 Å². The highest BCUT2D eigenvalue weighted by molar-refractivity contribution is 5.60. The molecule has 3 aromatic heterocycles. The van der Waals surface area contributed by atoms with Crippen LogP contribution in [0.15, 0.2) is 30.7 Å². The molecule has 3 aromatic rings. The van der Waals surface area contributed by atoms with Crippen molar-refractivity contribution in [3.63, 3.8) is 0 Å². The number of hydrogen-bond acceptors (Lipinski definition) is 7. The largest absolute Gasteiger partial charge is 0.391 e. The number of nitrogens with one attached hydrogen (secondary N) is 2. The molecular formula is C19H25N7O. The van der Waals surface area contributed by atoms with Gasteiger partial charge in [0.05, 0.1) is 23.7 Å². The van der Waals surface area contributed by atoms with Crippen molar-refractivity contribution in [3.8, 4) is 11.4 Å². The summed E-state index contributed by atoms with van der Waals surface area (Å²) in [6, 6.07) is 3.77. The molecule has 0 amide bonds. The van der Waals surface area contributed by atoms with Gasteiger partial charge in [0, 0.05) is 37.0 Å². The van der Waals surface area contributed by atoms with E-state index in [2.05, 4.69) is 39.5 Å². The van der Waals surface area contributed by atoms with Crippen LogP contribution in [0.1, 0.15) is 31.7 Å². The van der Waals surface area contributed by atoms with Gasteiger partial charge in [-0.2, -0.15) is 5.10 Å². The van der Waals surface area contributed by atoms with Gasteiger partial charge in [-0.1, -0.05) is 13.8 Å². The minimum atomic E-state index is -0.338. The molecule has 8 heteroatoms. The van der Waals surface area contributed by atoms with E-state index in [0.29, 0.717) is 25.0 Å². The number of anilines is 1. The molecule has 4 rings (SSSR count). The van der Waals surface area contributed by atoms with Gasteiger partial charge in [-0.25, -0.2) is 19.5 Å². The Morgan fingerprint density at radius 2 is 2.15 bits per heavy atom. The van der Waals surface area contributed by atoms with E-state index in [1.807, 2.05) is 24.5 Å². The average Bonchev–Trinajstić information content (AvgIpc) is 3.11. The lowest BCUT2D eigenvalue weighted by atomic mass is 9.95. The molecular weight excluding hydrogens is 342 g/mol. The highest BCUT2D eigenvalue weighted by Gasteiger charge is 2.22. The van der Waals surface area contributed by atoms with Crippen LogP contribution < -0.4 is 10.6 Å². The first-order valence-corrected chi connectivity index (χ1v) is 9.42. The normalized spacial score (nSPS) is 20.3. The molecule has 142 valence electrons. The van der Waals surface area contributed by atoms with E-state index in [1.54, 1.807) is 10.7 Å². The van der Waals surface area contributed by atoms with Crippen LogP contribution in [0.4, 0.5) is 5.95 Å². The maximum atomic E-state index is 10.1. The maximum Gasteiger partial charge on any atom is 0.223 e. The lowest BCUT2D eigenvalue weighted by Crippen LogP contribution is -2.43. The number of β-amino-alcohol motifs (C(OH)–C–C–N with tert-alkyl or cyclic N) is 1. The molecule has 2 atom stereocenters. The Morgan fingerprint density at radius 3 is 2.96 bits per heavy atom. The molecule has 0 bridgehead atoms. The molecule has 3 N–H and O–H groups in total. The zero-order valence-corrected chi connectivity index (χ0v) is 15.6. The van der Waals surface area contributed by atoms with Crippen LogP contribution in [-0.2, 0) is 0 Å². The van der Waals surface area contributed by atoms with E-state index in [0.717, 1.165) is 35.6 Å². The zero-order chi connectivity index (χ0) is 18.8. The third kappa shape index (κ3) is 3.77. The van der Waals surface area contributed by atoms with Crippen molar-refractivity contribution in [2.45, 2.75) is 32.3 Å². The van der Waals surface area contributed by atoms with E-state index in [-0.39, 0.29) is 12.0 Å². The van der Waals surface area contributed by atoms with Crippen LogP contribution >= 0.6 is 0 Å². The maximum absolute atomic E-state index is 10.1. The van der Waals surface area contributed by atoms with Crippen LogP contribution in [0.3, 0.4) is 0 Å². The standard InChI is InChI=1S/C19H25N7O/c1-12(2)14-10-23-26-8-5-16(24-18(14)26)15-4-7-21-19(25-15)22-9-13-3-6-20-11-17(13)27/h4-5,7-8,10,12-13,17,20,27H,3,6,9,11H2,1-2H3,(H,21,22,25)/t13-,17+/m0/s1. The van der Waals surface area contributed by atoms with Crippen molar-refractivity contribution in [1.82, 2.24) is 29.9 Å². The first kappa shape index (κ1) is 17.8. The van der Waals surface area contributed by atoms with E-state index in [1.165, 1.54) is 0 Å². The Hall–Kier alpha value is -2.58. The quantitative estimate of drug-likeness (QED) is 0.631. The van der Waals surface area contributed by atoms with Crippen LogP contribution in [0.2, 0.25) is 0 Å². The summed E-state index contributed by atoms with van der Waals surface area (Å²) in [4.78, 5) is 13.7. The number of aromatic nitrogens is 5. The number of rotatable bonds is 5. The topological polar surface area (TPSA) is 100 Å². The molecule has 1 aliphatic heterocycles. The summed E-state index contributed by atoms with van der Waals surface area (Å²) in [7, 11) is 0. The van der Waals surface area contributed by atoms with Crippen molar-refractivity contribution in [2.24, 2.45) is 5.92 Å². The van der Waals surface area contributed by atoms with Gasteiger partial charge in [-0.15, -0.1) is 0 Å². The summed E-state index contributed by atoms with van der Waals surface area (Å²) >= 11 is 0. The summed E-state index contributed by atoms with van der Waals surface area (Å²) in [5, 5.41) is 20.9. The number of hydrogen-bond donors (Lipinski definition) is 3. The molecule has 0 aromatic carbocycles. The predicted molar refractivity (Wildman–Crippen MR) is 104 cm³/mol. The van der Waals surface area contributed by atoms with Crippen LogP contribution in [-0.4, -0.2) is 55.4 Å². The first-order chi connectivity index (χ1) is 13.1. The van der Waals surface area contributed by atoms with Crippen LogP contribution in [0.25, 0.3) is 17.0 Å². The second-order valence-electron chi connectivity index (χ2n) is 7.30. The number of aliphatic hydroxyl groups excluding tert-OH is 1. The van der Waals surface area contributed by atoms with Gasteiger partial charge >= 0.3 is 0 Å². The highest BCUT2D eigenvalue weighted by atomic mass is 16.3. The predicted octanol–water partition coefficient (Wildman–Crippen LogP) is 1.69. The Balaban J connectivity index is 1.55. The lowest BCUT2D eigenvalue weighted by molar-refractivity contribution is 0.0883. The van der Waals surface area contributed by atoms with Gasteiger partial charge < -0.3 is 15.7 Å². The van der Waals surface area contributed by atoms with Crippen molar-refractivity contribution >= 4 is 11.6 Å². The minimum Gasteiger partial charge on any atom is -0.391 e. The summed E-state index contributed by atoms with van der Waals surface area (Å²) in [5.74, 6) is 1.11. The summed E-state index contributed by atoms with van der Waals surface area (Å²) < 4.78 is 1.79. The fourth-order valence-corrected chi connectivity index (χ4v) is 3.38. The van der Waals surface area contributed by atoms with E-state index in [9.17, 15) is 5.11 Å². The molecule has 8 nitrogen and oxygen atoms in total. The number of aliphatic hydroxyl groups is 1. The summed E-state index contributed by atoms with van der Waals surface area (Å²) in [6.45, 7) is 6.48. The number of fused-ring (bicyclic) bond motifs is 1. The van der Waals surface area contributed by atoms with Gasteiger partial charge in [0.15, 0.2) is 5.65 Å². The third-order valence-corrected chi connectivity index (χ3v) is 5.05. The monoisotopic (exact) mass is 367 g/mol. The Bertz CT molecular complexity index is 923. The van der Waals surface area contributed by atoms with Gasteiger partial charge in [0.2, 0.25) is 5.95 Å². The SMILES string of the molecule is CC(C)c1cnn2ccc(-c3ccnc(NC[C@@H]4CCNC[C@H]4O)n3)nc12. The summed E-state index contributed by atoms with van der Waals surface area (Å²) in [6.07, 6.45) is 6.10. The summed E-state index contributed by atoms with van der Waals surface area (Å²) in [5.41, 5.74) is 3.52. The molecule has 1 fully saturated rings. The molecule has 0 saturated carbocycles. The zero-order valence-electron chi connectivity index (χ0n) is 15.6. The highest BCUT2D eigenvalue weighted by Crippen LogP contribution is 2.22. The van der Waals surface area contributed by atoms with Crippen molar-refractivity contribution in [1.29, 1.82) is 0 Å². The smallest absolute Gasteiger partial charge is 0.223 e. The molecule has 0 spiro atoms. The molecule has 4 heterocycles. The molecule has 1 aliphatic rings. The minimum absolute atomic E-state index is 0.202. The molecule has 0 aliphatic carbocycles. The van der Waals surface area contributed by atoms with Gasteiger partial charge in [-0.3, -0.25) is 0 Å². The number of nitrogens with zero attached hydrogens (tertiary/aromatic N) is 5. The third-order valence-electron chi connectivity index (χ3n) is 5.05. The second kappa shape index (κ2) is 7.58. The Morgan fingerprint density at radius 1 is 1.30 bits per heavy atom. The van der Waals surface area contributed by atoms with Gasteiger partial charge in [0.25, 0.3) is 0 Å². The van der Waals surface area contributed by atoms with Crippen LogP contribution in [0.5, 0.6) is 0 Å². The Labute approximate surface area is 158 Å². The van der Waals surface area contributed by atoms with Crippen molar-refractivity contribution in [2.75, 3.05) is 25.0 Å². The molecule has 0 radical (unpaired) electrons. The van der Waals surface area contributed by atoms with Crippen molar-refractivity contribution in [3.05, 3.63) is 36.3 Å². The first-order valence-electron chi connectivity index (χ1n) is 9.42. The fraction of sp³-hybridized carbons (Fsp3) is 0.474. The van der Waals surface area contributed by atoms with Crippen LogP contribution in [0, 0.1) is 5.92 Å². The fourth-order valence-electron chi connectivity index (χ4n) is 3.38. The van der Waals surface area contributed by atoms with E-state index >= 15 is 0 Å².